The van der Waals surface area contributed by atoms with Crippen molar-refractivity contribution in [1.29, 1.82) is 0 Å². The molecule has 2 aliphatic carbocycles. The van der Waals surface area contributed by atoms with Crippen LogP contribution in [0.5, 0.6) is 0 Å². The summed E-state index contributed by atoms with van der Waals surface area (Å²) in [5, 5.41) is 15.3. The number of nitrogens with zero attached hydrogens (tertiary/aromatic N) is 3. The van der Waals surface area contributed by atoms with Crippen LogP contribution in [0.1, 0.15) is 52.3 Å². The normalized spacial score (nSPS) is 22.9. The van der Waals surface area contributed by atoms with Gasteiger partial charge in [-0.1, -0.05) is 0 Å². The second-order valence-corrected chi connectivity index (χ2v) is 7.60. The number of halogens is 4. The van der Waals surface area contributed by atoms with E-state index in [1.54, 1.807) is 0 Å². The van der Waals surface area contributed by atoms with E-state index in [1.807, 2.05) is 13.8 Å². The molecule has 3 N–H and O–H groups in total. The van der Waals surface area contributed by atoms with E-state index in [-0.39, 0.29) is 29.3 Å². The van der Waals surface area contributed by atoms with Gasteiger partial charge in [0.2, 0.25) is 11.9 Å². The molecule has 27 heavy (non-hydrogen) atoms. The Hall–Kier alpha value is -1.97. The number of rotatable bonds is 5. The van der Waals surface area contributed by atoms with Crippen molar-refractivity contribution in [2.45, 2.75) is 70.8 Å². The molecule has 6 nitrogen and oxygen atoms in total. The first-order chi connectivity index (χ1) is 12.5. The Bertz CT molecular complexity index is 745. The van der Waals surface area contributed by atoms with Crippen LogP contribution in [0.4, 0.5) is 29.5 Å². The number of aliphatic hydroxyl groups is 1. The van der Waals surface area contributed by atoms with Crippen LogP contribution in [0.25, 0.3) is 5.57 Å². The summed E-state index contributed by atoms with van der Waals surface area (Å²) in [6.45, 7) is 4.58. The molecule has 1 fully saturated rings. The minimum Gasteiger partial charge on any atom is -0.385 e. The van der Waals surface area contributed by atoms with Gasteiger partial charge in [-0.05, 0) is 46.5 Å². The molecule has 0 amide bonds. The van der Waals surface area contributed by atoms with Gasteiger partial charge < -0.3 is 15.7 Å². The maximum Gasteiger partial charge on any atom is 0.408 e. The molecule has 2 aliphatic rings. The van der Waals surface area contributed by atoms with Gasteiger partial charge in [-0.2, -0.15) is 28.1 Å². The smallest absolute Gasteiger partial charge is 0.385 e. The second-order valence-electron chi connectivity index (χ2n) is 7.60. The third kappa shape index (κ3) is 4.15. The lowest BCUT2D eigenvalue weighted by atomic mass is 9.83. The predicted molar refractivity (Wildman–Crippen MR) is 92.7 cm³/mol. The summed E-state index contributed by atoms with van der Waals surface area (Å²) >= 11 is 0. The molecule has 150 valence electrons. The molecule has 1 aromatic rings. The van der Waals surface area contributed by atoms with Crippen LogP contribution in [-0.4, -0.2) is 44.4 Å². The summed E-state index contributed by atoms with van der Waals surface area (Å²) in [5.74, 6) is -1.00. The number of alkyl halides is 3. The fraction of sp³-hybridized carbons (Fsp3) is 0.706. The van der Waals surface area contributed by atoms with Crippen LogP contribution in [-0.2, 0) is 0 Å². The molecule has 0 radical (unpaired) electrons. The Morgan fingerprint density at radius 1 is 1.04 bits per heavy atom. The molecule has 2 atom stereocenters. The molecule has 3 rings (SSSR count). The summed E-state index contributed by atoms with van der Waals surface area (Å²) in [5.41, 5.74) is -0.275. The summed E-state index contributed by atoms with van der Waals surface area (Å²) in [4.78, 5) is 12.1. The molecule has 10 heteroatoms. The molecule has 1 saturated carbocycles. The summed E-state index contributed by atoms with van der Waals surface area (Å²) in [7, 11) is 0. The molecule has 1 spiro atoms. The Morgan fingerprint density at radius 3 is 2.15 bits per heavy atom. The van der Waals surface area contributed by atoms with Crippen molar-refractivity contribution < 1.29 is 22.7 Å². The number of aliphatic hydroxyl groups excluding tert-OH is 1. The zero-order valence-electron chi connectivity index (χ0n) is 15.4. The lowest BCUT2D eigenvalue weighted by Crippen LogP contribution is -2.34. The van der Waals surface area contributed by atoms with Crippen molar-refractivity contribution in [3.63, 3.8) is 0 Å². The molecule has 0 aromatic carbocycles. The maximum absolute atomic E-state index is 14.7. The van der Waals surface area contributed by atoms with Crippen molar-refractivity contribution in [2.75, 3.05) is 10.6 Å². The van der Waals surface area contributed by atoms with Crippen LogP contribution in [0.2, 0.25) is 0 Å². The van der Waals surface area contributed by atoms with E-state index in [0.717, 1.165) is 19.8 Å². The number of allylic oxidation sites excluding steroid dienone is 1. The van der Waals surface area contributed by atoms with Gasteiger partial charge in [-0.25, -0.2) is 4.39 Å². The van der Waals surface area contributed by atoms with Gasteiger partial charge in [0.1, 0.15) is 18.0 Å². The number of anilines is 2. The highest BCUT2D eigenvalue weighted by Gasteiger charge is 2.53. The standard InChI is InChI=1S/C17H23F4N5O/c1-8(2)22-14-24-13(25-15(26-14)23-9(3)17(19,20)21)10-4-5-16(6-7-16)12(27)11(10)18/h8-9,12,27H,4-7H2,1-3H3,(H2,22,23,24,25,26)/t9-,12?/m1/s1. The summed E-state index contributed by atoms with van der Waals surface area (Å²) in [6.07, 6.45) is -3.25. The molecular weight excluding hydrogens is 366 g/mol. The van der Waals surface area contributed by atoms with Gasteiger partial charge in [0.05, 0.1) is 0 Å². The van der Waals surface area contributed by atoms with Gasteiger partial charge in [-0.15, -0.1) is 0 Å². The molecular formula is C17H23F4N5O. The Balaban J connectivity index is 1.96. The Morgan fingerprint density at radius 2 is 1.63 bits per heavy atom. The fourth-order valence-corrected chi connectivity index (χ4v) is 3.14. The van der Waals surface area contributed by atoms with Crippen LogP contribution in [0, 0.1) is 5.41 Å². The van der Waals surface area contributed by atoms with E-state index in [9.17, 15) is 22.7 Å². The maximum atomic E-state index is 14.7. The highest BCUT2D eigenvalue weighted by molar-refractivity contribution is 5.66. The van der Waals surface area contributed by atoms with Gasteiger partial charge >= 0.3 is 6.18 Å². The number of hydrogen-bond acceptors (Lipinski definition) is 6. The third-order valence-corrected chi connectivity index (χ3v) is 5.03. The van der Waals surface area contributed by atoms with Gasteiger partial charge in [0.25, 0.3) is 0 Å². The fourth-order valence-electron chi connectivity index (χ4n) is 3.14. The van der Waals surface area contributed by atoms with Crippen molar-refractivity contribution >= 4 is 17.5 Å². The van der Waals surface area contributed by atoms with E-state index in [1.165, 1.54) is 0 Å². The molecule has 1 aromatic heterocycles. The SMILES string of the molecule is CC(C)Nc1nc(N[C@H](C)C(F)(F)F)nc(C2=C(F)C(O)C3(CC2)CC3)n1. The third-order valence-electron chi connectivity index (χ3n) is 5.03. The number of nitrogens with one attached hydrogen (secondary N) is 2. The van der Waals surface area contributed by atoms with Crippen LogP contribution >= 0.6 is 0 Å². The number of aromatic nitrogens is 3. The molecule has 0 saturated heterocycles. The average Bonchev–Trinajstić information content (AvgIpc) is 3.32. The summed E-state index contributed by atoms with van der Waals surface area (Å²) < 4.78 is 53.3. The van der Waals surface area contributed by atoms with Crippen LogP contribution in [0.15, 0.2) is 5.83 Å². The quantitative estimate of drug-likeness (QED) is 0.667. The van der Waals surface area contributed by atoms with E-state index >= 15 is 0 Å². The molecule has 1 heterocycles. The highest BCUT2D eigenvalue weighted by atomic mass is 19.4. The zero-order chi connectivity index (χ0) is 20.0. The van der Waals surface area contributed by atoms with Crippen molar-refractivity contribution in [2.24, 2.45) is 5.41 Å². The zero-order valence-corrected chi connectivity index (χ0v) is 15.4. The lowest BCUT2D eigenvalue weighted by Gasteiger charge is -2.28. The van der Waals surface area contributed by atoms with Gasteiger partial charge in [0.15, 0.2) is 5.82 Å². The molecule has 0 bridgehead atoms. The Kier molecular flexibility index (Phi) is 5.04. The first kappa shape index (κ1) is 19.8. The molecule has 1 unspecified atom stereocenters. The van der Waals surface area contributed by atoms with E-state index in [4.69, 9.17) is 0 Å². The number of hydrogen-bond donors (Lipinski definition) is 3. The van der Waals surface area contributed by atoms with Gasteiger partial charge in [-0.3, -0.25) is 0 Å². The second kappa shape index (κ2) is 6.88. The lowest BCUT2D eigenvalue weighted by molar-refractivity contribution is -0.138. The van der Waals surface area contributed by atoms with Crippen molar-refractivity contribution in [3.05, 3.63) is 11.7 Å². The van der Waals surface area contributed by atoms with Gasteiger partial charge in [0, 0.05) is 17.0 Å². The average molecular weight is 389 g/mol. The predicted octanol–water partition coefficient (Wildman–Crippen LogP) is 3.67. The first-order valence-corrected chi connectivity index (χ1v) is 8.95. The largest absolute Gasteiger partial charge is 0.408 e. The monoisotopic (exact) mass is 389 g/mol. The minimum atomic E-state index is -4.48. The van der Waals surface area contributed by atoms with Crippen molar-refractivity contribution in [1.82, 2.24) is 15.0 Å². The van der Waals surface area contributed by atoms with E-state index < -0.39 is 29.6 Å². The first-order valence-electron chi connectivity index (χ1n) is 8.95. The van der Waals surface area contributed by atoms with E-state index in [0.29, 0.717) is 12.8 Å². The van der Waals surface area contributed by atoms with Crippen LogP contribution < -0.4 is 10.6 Å². The summed E-state index contributed by atoms with van der Waals surface area (Å²) in [6, 6.07) is -1.97. The van der Waals surface area contributed by atoms with Crippen molar-refractivity contribution in [3.8, 4) is 0 Å². The highest BCUT2D eigenvalue weighted by Crippen LogP contribution is 2.58. The molecule has 0 aliphatic heterocycles. The van der Waals surface area contributed by atoms with Crippen LogP contribution in [0.3, 0.4) is 0 Å². The topological polar surface area (TPSA) is 83.0 Å². The van der Waals surface area contributed by atoms with E-state index in [2.05, 4.69) is 25.6 Å². The Labute approximate surface area is 154 Å². The minimum absolute atomic E-state index is 0.0494.